The molecule has 0 saturated carbocycles. The Kier molecular flexibility index (Phi) is 2.11. The molecule has 0 aliphatic carbocycles. The molecule has 2 aromatic rings. The standard InChI is InChI=1S/C11H12N4O/c16-11-14-7-6-12-8-10(14)13-15(11)9-4-2-1-3-5-9/h1-5,12H,6-8H2. The van der Waals surface area contributed by atoms with Crippen LogP contribution in [0.15, 0.2) is 35.1 Å². The van der Waals surface area contributed by atoms with E-state index in [1.54, 1.807) is 4.57 Å². The van der Waals surface area contributed by atoms with Crippen LogP contribution in [0.2, 0.25) is 0 Å². The molecule has 0 radical (unpaired) electrons. The monoisotopic (exact) mass is 216 g/mol. The first-order chi connectivity index (χ1) is 7.86. The van der Waals surface area contributed by atoms with Crippen LogP contribution in [0, 0.1) is 0 Å². The van der Waals surface area contributed by atoms with Gasteiger partial charge < -0.3 is 5.32 Å². The van der Waals surface area contributed by atoms with E-state index < -0.39 is 0 Å². The fourth-order valence-corrected chi connectivity index (χ4v) is 1.92. The van der Waals surface area contributed by atoms with Crippen molar-refractivity contribution in [3.63, 3.8) is 0 Å². The summed E-state index contributed by atoms with van der Waals surface area (Å²) in [6, 6.07) is 9.49. The minimum absolute atomic E-state index is 0.0531. The van der Waals surface area contributed by atoms with Crippen molar-refractivity contribution in [3.05, 3.63) is 46.6 Å². The third-order valence-electron chi connectivity index (χ3n) is 2.74. The fraction of sp³-hybridized carbons (Fsp3) is 0.273. The van der Waals surface area contributed by atoms with Gasteiger partial charge in [-0.25, -0.2) is 4.79 Å². The topological polar surface area (TPSA) is 51.9 Å². The van der Waals surface area contributed by atoms with Crippen LogP contribution in [0.25, 0.3) is 5.69 Å². The molecule has 0 bridgehead atoms. The molecule has 5 nitrogen and oxygen atoms in total. The summed E-state index contributed by atoms with van der Waals surface area (Å²) in [4.78, 5) is 12.0. The van der Waals surface area contributed by atoms with Crippen LogP contribution in [0.1, 0.15) is 5.82 Å². The van der Waals surface area contributed by atoms with E-state index in [-0.39, 0.29) is 5.69 Å². The van der Waals surface area contributed by atoms with Gasteiger partial charge in [0.2, 0.25) is 0 Å². The van der Waals surface area contributed by atoms with Crippen molar-refractivity contribution in [2.45, 2.75) is 13.1 Å². The van der Waals surface area contributed by atoms with E-state index in [0.717, 1.165) is 18.1 Å². The van der Waals surface area contributed by atoms with Crippen molar-refractivity contribution in [3.8, 4) is 5.69 Å². The van der Waals surface area contributed by atoms with Crippen molar-refractivity contribution in [2.24, 2.45) is 0 Å². The molecule has 0 saturated heterocycles. The summed E-state index contributed by atoms with van der Waals surface area (Å²) < 4.78 is 3.19. The minimum Gasteiger partial charge on any atom is -0.308 e. The van der Waals surface area contributed by atoms with Crippen LogP contribution < -0.4 is 11.0 Å². The first-order valence-corrected chi connectivity index (χ1v) is 5.31. The Balaban J connectivity index is 2.16. The van der Waals surface area contributed by atoms with Gasteiger partial charge in [0, 0.05) is 13.1 Å². The van der Waals surface area contributed by atoms with E-state index in [1.165, 1.54) is 4.68 Å². The average molecular weight is 216 g/mol. The first-order valence-electron chi connectivity index (χ1n) is 5.31. The number of nitrogens with zero attached hydrogens (tertiary/aromatic N) is 3. The Morgan fingerprint density at radius 3 is 2.81 bits per heavy atom. The van der Waals surface area contributed by atoms with Gasteiger partial charge in [0.25, 0.3) is 0 Å². The van der Waals surface area contributed by atoms with Crippen LogP contribution in [0.5, 0.6) is 0 Å². The summed E-state index contributed by atoms with van der Waals surface area (Å²) in [7, 11) is 0. The minimum atomic E-state index is -0.0531. The molecule has 1 aromatic carbocycles. The molecular formula is C11H12N4O. The van der Waals surface area contributed by atoms with Gasteiger partial charge in [-0.1, -0.05) is 18.2 Å². The third-order valence-corrected chi connectivity index (χ3v) is 2.74. The van der Waals surface area contributed by atoms with E-state index in [0.29, 0.717) is 13.1 Å². The Bertz CT molecular complexity index is 555. The molecule has 2 heterocycles. The van der Waals surface area contributed by atoms with Crippen LogP contribution in [0.3, 0.4) is 0 Å². The molecule has 1 N–H and O–H groups in total. The number of hydrogen-bond acceptors (Lipinski definition) is 3. The van der Waals surface area contributed by atoms with Gasteiger partial charge in [-0.2, -0.15) is 4.68 Å². The second-order valence-corrected chi connectivity index (χ2v) is 3.77. The van der Waals surface area contributed by atoms with Gasteiger partial charge in [-0.05, 0) is 12.1 Å². The molecule has 0 fully saturated rings. The summed E-state index contributed by atoms with van der Waals surface area (Å²) >= 11 is 0. The van der Waals surface area contributed by atoms with Gasteiger partial charge >= 0.3 is 5.69 Å². The quantitative estimate of drug-likeness (QED) is 0.737. The molecule has 16 heavy (non-hydrogen) atoms. The molecule has 5 heteroatoms. The summed E-state index contributed by atoms with van der Waals surface area (Å²) in [5.74, 6) is 0.806. The lowest BCUT2D eigenvalue weighted by molar-refractivity contribution is 0.497. The van der Waals surface area contributed by atoms with E-state index >= 15 is 0 Å². The summed E-state index contributed by atoms with van der Waals surface area (Å²) in [6.07, 6.45) is 0. The van der Waals surface area contributed by atoms with E-state index in [9.17, 15) is 4.79 Å². The first kappa shape index (κ1) is 9.35. The maximum Gasteiger partial charge on any atom is 0.350 e. The fourth-order valence-electron chi connectivity index (χ4n) is 1.92. The van der Waals surface area contributed by atoms with Crippen LogP contribution in [-0.4, -0.2) is 20.9 Å². The zero-order valence-electron chi connectivity index (χ0n) is 8.76. The lowest BCUT2D eigenvalue weighted by atomic mass is 10.3. The summed E-state index contributed by atoms with van der Waals surface area (Å²) in [5, 5.41) is 7.52. The summed E-state index contributed by atoms with van der Waals surface area (Å²) in [5.41, 5.74) is 0.761. The largest absolute Gasteiger partial charge is 0.350 e. The molecule has 0 spiro atoms. The Labute approximate surface area is 92.3 Å². The lowest BCUT2D eigenvalue weighted by Crippen LogP contribution is -2.34. The number of nitrogens with one attached hydrogen (secondary N) is 1. The van der Waals surface area contributed by atoms with Crippen molar-refractivity contribution >= 4 is 0 Å². The van der Waals surface area contributed by atoms with Gasteiger partial charge in [-0.3, -0.25) is 4.57 Å². The number of para-hydroxylation sites is 1. The van der Waals surface area contributed by atoms with Crippen molar-refractivity contribution < 1.29 is 0 Å². The van der Waals surface area contributed by atoms with E-state index in [1.807, 2.05) is 30.3 Å². The van der Waals surface area contributed by atoms with E-state index in [2.05, 4.69) is 10.4 Å². The van der Waals surface area contributed by atoms with Crippen molar-refractivity contribution in [1.29, 1.82) is 0 Å². The third kappa shape index (κ3) is 1.37. The molecule has 1 aliphatic heterocycles. The summed E-state index contributed by atoms with van der Waals surface area (Å²) in [6.45, 7) is 2.18. The highest BCUT2D eigenvalue weighted by atomic mass is 16.2. The molecule has 3 rings (SSSR count). The Morgan fingerprint density at radius 2 is 2.06 bits per heavy atom. The maximum atomic E-state index is 12.0. The molecule has 0 unspecified atom stereocenters. The normalized spacial score (nSPS) is 14.8. The predicted molar refractivity (Wildman–Crippen MR) is 59.5 cm³/mol. The van der Waals surface area contributed by atoms with Gasteiger partial charge in [0.05, 0.1) is 12.2 Å². The Morgan fingerprint density at radius 1 is 1.25 bits per heavy atom. The van der Waals surface area contributed by atoms with Crippen molar-refractivity contribution in [2.75, 3.05) is 6.54 Å². The number of rotatable bonds is 1. The van der Waals surface area contributed by atoms with Crippen LogP contribution in [-0.2, 0) is 13.1 Å². The van der Waals surface area contributed by atoms with Crippen molar-refractivity contribution in [1.82, 2.24) is 19.7 Å². The second kappa shape index (κ2) is 3.61. The van der Waals surface area contributed by atoms with Gasteiger partial charge in [0.1, 0.15) is 5.82 Å². The zero-order chi connectivity index (χ0) is 11.0. The number of aromatic nitrogens is 3. The molecule has 0 atom stereocenters. The Hall–Kier alpha value is -1.88. The number of benzene rings is 1. The zero-order valence-corrected chi connectivity index (χ0v) is 8.76. The van der Waals surface area contributed by atoms with Crippen LogP contribution >= 0.6 is 0 Å². The second-order valence-electron chi connectivity index (χ2n) is 3.77. The molecule has 1 aromatic heterocycles. The highest BCUT2D eigenvalue weighted by Gasteiger charge is 2.16. The predicted octanol–water partition coefficient (Wildman–Crippen LogP) is 0.137. The highest BCUT2D eigenvalue weighted by Crippen LogP contribution is 2.05. The molecular weight excluding hydrogens is 204 g/mol. The maximum absolute atomic E-state index is 12.0. The lowest BCUT2D eigenvalue weighted by Gasteiger charge is -2.11. The number of fused-ring (bicyclic) bond motifs is 1. The van der Waals surface area contributed by atoms with Crippen LogP contribution in [0.4, 0.5) is 0 Å². The van der Waals surface area contributed by atoms with Gasteiger partial charge in [0.15, 0.2) is 0 Å². The molecule has 82 valence electrons. The van der Waals surface area contributed by atoms with E-state index in [4.69, 9.17) is 0 Å². The SMILES string of the molecule is O=c1n(-c2ccccc2)nc2n1CCNC2. The van der Waals surface area contributed by atoms with Gasteiger partial charge in [-0.15, -0.1) is 5.10 Å². The number of hydrogen-bond donors (Lipinski definition) is 1. The molecule has 1 aliphatic rings. The molecule has 0 amide bonds. The average Bonchev–Trinajstić information content (AvgIpc) is 2.69. The smallest absolute Gasteiger partial charge is 0.308 e. The highest BCUT2D eigenvalue weighted by molar-refractivity contribution is 5.29.